The van der Waals surface area contributed by atoms with Gasteiger partial charge in [-0.15, -0.1) is 24.8 Å². The van der Waals surface area contributed by atoms with Crippen molar-refractivity contribution < 1.29 is 5.11 Å². The minimum absolute atomic E-state index is 0. The predicted molar refractivity (Wildman–Crippen MR) is 57.9 cm³/mol. The van der Waals surface area contributed by atoms with Crippen LogP contribution in [0.5, 0.6) is 0 Å². The van der Waals surface area contributed by atoms with Crippen LogP contribution >= 0.6 is 24.8 Å². The smallest absolute Gasteiger partial charge is 0.0334 e. The van der Waals surface area contributed by atoms with Crippen LogP contribution in [0.15, 0.2) is 24.3 Å². The lowest BCUT2D eigenvalue weighted by molar-refractivity contribution is 0.399. The molecule has 0 saturated heterocycles. The zero-order valence-corrected chi connectivity index (χ0v) is 8.36. The molecule has 3 nitrogen and oxygen atoms in total. The van der Waals surface area contributed by atoms with Crippen molar-refractivity contribution in [1.82, 2.24) is 0 Å². The lowest BCUT2D eigenvalue weighted by Gasteiger charge is -1.91. The Morgan fingerprint density at radius 1 is 1.00 bits per heavy atom. The highest BCUT2D eigenvalue weighted by Crippen LogP contribution is 2.06. The van der Waals surface area contributed by atoms with Gasteiger partial charge in [-0.1, -0.05) is 6.07 Å². The summed E-state index contributed by atoms with van der Waals surface area (Å²) in [7, 11) is 1.00. The highest BCUT2D eigenvalue weighted by atomic mass is 35.5. The van der Waals surface area contributed by atoms with Crippen LogP contribution in [-0.4, -0.2) is 12.2 Å². The Balaban J connectivity index is -0.000000189. The van der Waals surface area contributed by atoms with Gasteiger partial charge < -0.3 is 16.6 Å². The van der Waals surface area contributed by atoms with E-state index in [0.29, 0.717) is 11.4 Å². The Morgan fingerprint density at radius 3 is 1.50 bits per heavy atom. The van der Waals surface area contributed by atoms with Crippen molar-refractivity contribution in [1.29, 1.82) is 0 Å². The predicted octanol–water partition coefficient (Wildman–Crippen LogP) is 1.30. The Hall–Kier alpha value is -0.640. The van der Waals surface area contributed by atoms with Crippen LogP contribution in [0, 0.1) is 0 Å². The summed E-state index contributed by atoms with van der Waals surface area (Å²) in [6, 6.07) is 7.15. The number of hydrogen-bond donors (Lipinski definition) is 3. The van der Waals surface area contributed by atoms with Gasteiger partial charge in [0.05, 0.1) is 0 Å². The molecule has 0 aliphatic heterocycles. The molecule has 12 heavy (non-hydrogen) atoms. The van der Waals surface area contributed by atoms with E-state index in [4.69, 9.17) is 16.6 Å². The second-order valence-corrected chi connectivity index (χ2v) is 1.67. The zero-order valence-electron chi connectivity index (χ0n) is 6.73. The third-order valence-corrected chi connectivity index (χ3v) is 0.911. The van der Waals surface area contributed by atoms with Crippen molar-refractivity contribution in [2.24, 2.45) is 0 Å². The maximum atomic E-state index is 7.00. The normalized spacial score (nSPS) is 6.50. The first-order valence-corrected chi connectivity index (χ1v) is 2.85. The third kappa shape index (κ3) is 7.47. The number of aliphatic hydroxyl groups excluding tert-OH is 1. The van der Waals surface area contributed by atoms with Gasteiger partial charge in [-0.25, -0.2) is 0 Å². The fourth-order valence-corrected chi connectivity index (χ4v) is 0.559. The molecule has 0 aliphatic rings. The molecule has 0 radical (unpaired) electrons. The van der Waals surface area contributed by atoms with Crippen LogP contribution < -0.4 is 11.5 Å². The van der Waals surface area contributed by atoms with Crippen molar-refractivity contribution in [3.8, 4) is 0 Å². The van der Waals surface area contributed by atoms with Crippen molar-refractivity contribution in [3.63, 3.8) is 0 Å². The highest BCUT2D eigenvalue weighted by molar-refractivity contribution is 5.85. The van der Waals surface area contributed by atoms with Gasteiger partial charge in [0.2, 0.25) is 0 Å². The van der Waals surface area contributed by atoms with Crippen molar-refractivity contribution in [2.75, 3.05) is 18.6 Å². The summed E-state index contributed by atoms with van der Waals surface area (Å²) in [5.41, 5.74) is 12.2. The molecule has 5 N–H and O–H groups in total. The van der Waals surface area contributed by atoms with Gasteiger partial charge in [-0.2, -0.15) is 0 Å². The maximum Gasteiger partial charge on any atom is 0.0334 e. The molecule has 1 aromatic carbocycles. The summed E-state index contributed by atoms with van der Waals surface area (Å²) < 4.78 is 0. The van der Waals surface area contributed by atoms with Gasteiger partial charge >= 0.3 is 0 Å². The van der Waals surface area contributed by atoms with E-state index in [1.807, 2.05) is 6.07 Å². The Bertz CT molecular complexity index is 179. The zero-order chi connectivity index (χ0) is 7.98. The van der Waals surface area contributed by atoms with Crippen molar-refractivity contribution in [2.45, 2.75) is 0 Å². The summed E-state index contributed by atoms with van der Waals surface area (Å²) in [6.07, 6.45) is 0. The molecular weight excluding hydrogens is 199 g/mol. The number of nitrogen functional groups attached to an aromatic ring is 2. The first-order chi connectivity index (χ1) is 4.79. The van der Waals surface area contributed by atoms with Gasteiger partial charge in [-0.3, -0.25) is 0 Å². The maximum absolute atomic E-state index is 7.00. The SMILES string of the molecule is CO.Cl.Cl.Nc1cccc(N)c1. The first-order valence-electron chi connectivity index (χ1n) is 2.85. The third-order valence-electron chi connectivity index (χ3n) is 0.911. The van der Waals surface area contributed by atoms with Gasteiger partial charge in [-0.05, 0) is 18.2 Å². The Labute approximate surface area is 84.6 Å². The standard InChI is InChI=1S/C6H8N2.CH4O.2ClH/c7-5-2-1-3-6(8)4-5;1-2;;/h1-4H,7-8H2;2H,1H3;2*1H. The fourth-order valence-electron chi connectivity index (χ4n) is 0.559. The van der Waals surface area contributed by atoms with Crippen molar-refractivity contribution >= 4 is 36.2 Å². The van der Waals surface area contributed by atoms with Gasteiger partial charge in [0.15, 0.2) is 0 Å². The summed E-state index contributed by atoms with van der Waals surface area (Å²) in [4.78, 5) is 0. The van der Waals surface area contributed by atoms with E-state index in [9.17, 15) is 0 Å². The van der Waals surface area contributed by atoms with Crippen LogP contribution in [0.1, 0.15) is 0 Å². The highest BCUT2D eigenvalue weighted by Gasteiger charge is 1.81. The molecule has 0 heterocycles. The summed E-state index contributed by atoms with van der Waals surface area (Å²) in [5, 5.41) is 7.00. The molecule has 0 bridgehead atoms. The van der Waals surface area contributed by atoms with E-state index in [1.165, 1.54) is 0 Å². The topological polar surface area (TPSA) is 72.3 Å². The summed E-state index contributed by atoms with van der Waals surface area (Å²) in [5.74, 6) is 0. The van der Waals surface area contributed by atoms with E-state index in [0.717, 1.165) is 7.11 Å². The quantitative estimate of drug-likeness (QED) is 0.569. The lowest BCUT2D eigenvalue weighted by atomic mass is 10.3. The van der Waals surface area contributed by atoms with E-state index in [2.05, 4.69) is 0 Å². The van der Waals surface area contributed by atoms with Gasteiger partial charge in [0, 0.05) is 18.5 Å². The second kappa shape index (κ2) is 10.4. The van der Waals surface area contributed by atoms with Crippen molar-refractivity contribution in [3.05, 3.63) is 24.3 Å². The number of hydrogen-bond acceptors (Lipinski definition) is 3. The minimum Gasteiger partial charge on any atom is -0.400 e. The van der Waals surface area contributed by atoms with Crippen LogP contribution in [-0.2, 0) is 0 Å². The molecule has 0 atom stereocenters. The Kier molecular flexibility index (Phi) is 15.1. The van der Waals surface area contributed by atoms with Crippen LogP contribution in [0.3, 0.4) is 0 Å². The molecule has 0 saturated carbocycles. The largest absolute Gasteiger partial charge is 0.400 e. The van der Waals surface area contributed by atoms with Gasteiger partial charge in [0.1, 0.15) is 0 Å². The molecule has 1 aromatic rings. The van der Waals surface area contributed by atoms with E-state index in [-0.39, 0.29) is 24.8 Å². The fraction of sp³-hybridized carbons (Fsp3) is 0.143. The van der Waals surface area contributed by atoms with E-state index >= 15 is 0 Å². The summed E-state index contributed by atoms with van der Waals surface area (Å²) in [6.45, 7) is 0. The Morgan fingerprint density at radius 2 is 1.33 bits per heavy atom. The average molecular weight is 213 g/mol. The number of rotatable bonds is 0. The number of aliphatic hydroxyl groups is 1. The number of anilines is 2. The lowest BCUT2D eigenvalue weighted by Crippen LogP contribution is -1.87. The molecule has 1 rings (SSSR count). The second-order valence-electron chi connectivity index (χ2n) is 1.67. The molecule has 0 aliphatic carbocycles. The molecule has 0 spiro atoms. The minimum atomic E-state index is 0. The van der Waals surface area contributed by atoms with Crippen LogP contribution in [0.4, 0.5) is 11.4 Å². The summed E-state index contributed by atoms with van der Waals surface area (Å²) >= 11 is 0. The van der Waals surface area contributed by atoms with E-state index < -0.39 is 0 Å². The van der Waals surface area contributed by atoms with Gasteiger partial charge in [0.25, 0.3) is 0 Å². The molecule has 0 fully saturated rings. The number of halogens is 2. The van der Waals surface area contributed by atoms with E-state index in [1.54, 1.807) is 18.2 Å². The van der Waals surface area contributed by atoms with Crippen LogP contribution in [0.2, 0.25) is 0 Å². The molecule has 72 valence electrons. The van der Waals surface area contributed by atoms with Crippen LogP contribution in [0.25, 0.3) is 0 Å². The number of benzene rings is 1. The monoisotopic (exact) mass is 212 g/mol. The molecule has 0 aromatic heterocycles. The molecular formula is C7H14Cl2N2O. The molecule has 5 heteroatoms. The average Bonchev–Trinajstić information content (AvgIpc) is 1.91. The number of nitrogens with two attached hydrogens (primary N) is 2. The first kappa shape index (κ1) is 17.4. The molecule has 0 amide bonds. The molecule has 0 unspecified atom stereocenters.